The molecule has 3 N–H and O–H groups in total. The van der Waals surface area contributed by atoms with E-state index < -0.39 is 17.1 Å². The van der Waals surface area contributed by atoms with Crippen molar-refractivity contribution in [2.24, 2.45) is 0 Å². The average Bonchev–Trinajstić information content (AvgIpc) is 3.12. The van der Waals surface area contributed by atoms with Crippen LogP contribution in [0.5, 0.6) is 5.75 Å². The first-order valence-electron chi connectivity index (χ1n) is 9.63. The Balaban J connectivity index is 1.64. The van der Waals surface area contributed by atoms with Crippen molar-refractivity contribution in [1.82, 2.24) is 29.7 Å². The lowest BCUT2D eigenvalue weighted by molar-refractivity contribution is 0.0639. The average molecular weight is 410 g/mol. The molecule has 4 rings (SSSR count). The second kappa shape index (κ2) is 7.29. The monoisotopic (exact) mass is 410 g/mol. The molecule has 0 spiro atoms. The molecule has 1 aliphatic rings. The van der Waals surface area contributed by atoms with Crippen LogP contribution in [-0.4, -0.2) is 53.9 Å². The van der Waals surface area contributed by atoms with Crippen molar-refractivity contribution in [1.29, 1.82) is 0 Å². The topological polar surface area (TPSA) is 133 Å². The van der Waals surface area contributed by atoms with Gasteiger partial charge in [0, 0.05) is 37.1 Å². The Morgan fingerprint density at radius 1 is 1.33 bits per heavy atom. The number of aromatic nitrogens is 4. The third-order valence-electron chi connectivity index (χ3n) is 5.20. The minimum Gasteiger partial charge on any atom is -0.503 e. The summed E-state index contributed by atoms with van der Waals surface area (Å²) >= 11 is 0. The molecule has 4 heterocycles. The van der Waals surface area contributed by atoms with Gasteiger partial charge < -0.3 is 24.9 Å². The molecule has 0 radical (unpaired) electrons. The molecule has 10 heteroatoms. The van der Waals surface area contributed by atoms with Gasteiger partial charge in [-0.2, -0.15) is 0 Å². The molecule has 1 aliphatic heterocycles. The lowest BCUT2D eigenvalue weighted by atomic mass is 10.1. The van der Waals surface area contributed by atoms with Crippen LogP contribution in [-0.2, 0) is 13.1 Å². The summed E-state index contributed by atoms with van der Waals surface area (Å²) in [5.74, 6) is -1.36. The van der Waals surface area contributed by atoms with Crippen molar-refractivity contribution in [2.45, 2.75) is 39.9 Å². The maximum Gasteiger partial charge on any atom is 0.274 e. The molecule has 0 bridgehead atoms. The van der Waals surface area contributed by atoms with E-state index in [4.69, 9.17) is 0 Å². The minimum absolute atomic E-state index is 0.0161. The van der Waals surface area contributed by atoms with Crippen LogP contribution >= 0.6 is 0 Å². The van der Waals surface area contributed by atoms with Crippen LogP contribution in [0.4, 0.5) is 0 Å². The Morgan fingerprint density at radius 3 is 2.83 bits per heavy atom. The number of nitrogens with zero attached hydrogens (tertiary/aromatic N) is 4. The number of aromatic hydroxyl groups is 1. The zero-order chi connectivity index (χ0) is 21.6. The number of aryl methyl sites for hydroxylation is 1. The number of nitrogens with one attached hydrogen (secondary N) is 2. The van der Waals surface area contributed by atoms with E-state index in [9.17, 15) is 19.5 Å². The Kier molecular flexibility index (Phi) is 4.76. The van der Waals surface area contributed by atoms with Gasteiger partial charge in [0.1, 0.15) is 5.52 Å². The molecule has 3 aromatic heterocycles. The Morgan fingerprint density at radius 2 is 2.10 bits per heavy atom. The number of H-pyrrole nitrogens is 1. The number of hydrogen-bond donors (Lipinski definition) is 3. The zero-order valence-corrected chi connectivity index (χ0v) is 16.9. The number of rotatable bonds is 4. The lowest BCUT2D eigenvalue weighted by Crippen LogP contribution is -2.46. The molecule has 0 aliphatic carbocycles. The quantitative estimate of drug-likeness (QED) is 0.586. The highest BCUT2D eigenvalue weighted by Crippen LogP contribution is 2.23. The molecule has 3 aromatic rings. The number of amides is 2. The first kappa shape index (κ1) is 19.6. The largest absolute Gasteiger partial charge is 0.503 e. The fraction of sp³-hybridized carbons (Fsp3) is 0.350. The SMILES string of the molecule is Cc1cnc2[nH]cc(C(=O)NCc3cc(=O)c(O)c4n3CCN(C(C)C)C4=O)c2n1. The van der Waals surface area contributed by atoms with E-state index in [2.05, 4.69) is 20.3 Å². The first-order chi connectivity index (χ1) is 14.3. The fourth-order valence-corrected chi connectivity index (χ4v) is 3.66. The maximum atomic E-state index is 12.8. The maximum absolute atomic E-state index is 12.8. The first-order valence-corrected chi connectivity index (χ1v) is 9.63. The highest BCUT2D eigenvalue weighted by atomic mass is 16.3. The van der Waals surface area contributed by atoms with Crippen LogP contribution in [0.2, 0.25) is 0 Å². The van der Waals surface area contributed by atoms with Gasteiger partial charge >= 0.3 is 0 Å². The normalized spacial score (nSPS) is 13.7. The molecule has 156 valence electrons. The van der Waals surface area contributed by atoms with Crippen LogP contribution in [0.25, 0.3) is 11.2 Å². The van der Waals surface area contributed by atoms with Gasteiger partial charge in [-0.15, -0.1) is 0 Å². The van der Waals surface area contributed by atoms with Crippen molar-refractivity contribution >= 4 is 23.0 Å². The predicted octanol–water partition coefficient (Wildman–Crippen LogP) is 0.928. The van der Waals surface area contributed by atoms with E-state index in [1.807, 2.05) is 13.8 Å². The Labute approximate surface area is 171 Å². The lowest BCUT2D eigenvalue weighted by Gasteiger charge is -2.34. The Hall–Kier alpha value is -3.69. The molecule has 0 saturated carbocycles. The molecule has 2 amide bonds. The second-order valence-electron chi connectivity index (χ2n) is 7.53. The summed E-state index contributed by atoms with van der Waals surface area (Å²) in [5, 5.41) is 13.0. The number of carbonyl (C=O) groups excluding carboxylic acids is 2. The molecule has 0 unspecified atom stereocenters. The second-order valence-corrected chi connectivity index (χ2v) is 7.53. The third-order valence-corrected chi connectivity index (χ3v) is 5.20. The summed E-state index contributed by atoms with van der Waals surface area (Å²) in [6.45, 7) is 6.41. The summed E-state index contributed by atoms with van der Waals surface area (Å²) in [6.07, 6.45) is 3.13. The molecular formula is C20H22N6O4. The summed E-state index contributed by atoms with van der Waals surface area (Å²) in [5.41, 5.74) is 1.73. The summed E-state index contributed by atoms with van der Waals surface area (Å²) in [4.78, 5) is 50.8. The highest BCUT2D eigenvalue weighted by Gasteiger charge is 2.31. The minimum atomic E-state index is -0.655. The van der Waals surface area contributed by atoms with Gasteiger partial charge in [0.15, 0.2) is 17.1 Å². The number of fused-ring (bicyclic) bond motifs is 2. The van der Waals surface area contributed by atoms with Gasteiger partial charge in [0.2, 0.25) is 5.43 Å². The van der Waals surface area contributed by atoms with Crippen LogP contribution in [0.1, 0.15) is 46.1 Å². The van der Waals surface area contributed by atoms with Crippen molar-refractivity contribution in [3.8, 4) is 5.75 Å². The van der Waals surface area contributed by atoms with Gasteiger partial charge in [-0.3, -0.25) is 14.4 Å². The van der Waals surface area contributed by atoms with Gasteiger partial charge in [0.05, 0.1) is 24.0 Å². The third kappa shape index (κ3) is 3.19. The predicted molar refractivity (Wildman–Crippen MR) is 108 cm³/mol. The number of hydrogen-bond acceptors (Lipinski definition) is 6. The molecule has 0 atom stereocenters. The zero-order valence-electron chi connectivity index (χ0n) is 16.9. The summed E-state index contributed by atoms with van der Waals surface area (Å²) in [6, 6.07) is 1.19. The standard InChI is InChI=1S/C20H22N6O4/c1-10(2)25-4-5-26-12(6-14(27)17(28)16(26)20(25)30)8-23-19(29)13-9-22-18-15(13)24-11(3)7-21-18/h6-7,9-10,28H,4-5,8H2,1-3H3,(H,21,22)(H,23,29). The van der Waals surface area contributed by atoms with Gasteiger partial charge in [0.25, 0.3) is 11.8 Å². The smallest absolute Gasteiger partial charge is 0.274 e. The van der Waals surface area contributed by atoms with Crippen molar-refractivity contribution in [3.05, 3.63) is 51.3 Å². The summed E-state index contributed by atoms with van der Waals surface area (Å²) in [7, 11) is 0. The van der Waals surface area contributed by atoms with Gasteiger partial charge in [-0.05, 0) is 20.8 Å². The fourth-order valence-electron chi connectivity index (χ4n) is 3.66. The van der Waals surface area contributed by atoms with E-state index >= 15 is 0 Å². The van der Waals surface area contributed by atoms with E-state index in [1.165, 1.54) is 12.3 Å². The van der Waals surface area contributed by atoms with Gasteiger partial charge in [-0.25, -0.2) is 9.97 Å². The Bertz CT molecular complexity index is 1230. The highest BCUT2D eigenvalue weighted by molar-refractivity contribution is 6.04. The van der Waals surface area contributed by atoms with Crippen molar-refractivity contribution in [3.63, 3.8) is 0 Å². The molecule has 30 heavy (non-hydrogen) atoms. The van der Waals surface area contributed by atoms with E-state index in [1.54, 1.807) is 22.6 Å². The molecule has 0 saturated heterocycles. The van der Waals surface area contributed by atoms with E-state index in [-0.39, 0.29) is 24.2 Å². The van der Waals surface area contributed by atoms with Crippen LogP contribution in [0, 0.1) is 6.92 Å². The summed E-state index contributed by atoms with van der Waals surface area (Å²) < 4.78 is 1.59. The van der Waals surface area contributed by atoms with Crippen molar-refractivity contribution in [2.75, 3.05) is 6.54 Å². The van der Waals surface area contributed by atoms with Gasteiger partial charge in [-0.1, -0.05) is 0 Å². The number of carbonyl (C=O) groups is 2. The molecule has 10 nitrogen and oxygen atoms in total. The number of aromatic amines is 1. The molecular weight excluding hydrogens is 388 g/mol. The van der Waals surface area contributed by atoms with E-state index in [0.29, 0.717) is 41.2 Å². The van der Waals surface area contributed by atoms with E-state index in [0.717, 1.165) is 0 Å². The van der Waals surface area contributed by atoms with Crippen LogP contribution < -0.4 is 10.7 Å². The molecule has 0 fully saturated rings. The molecule has 0 aromatic carbocycles. The van der Waals surface area contributed by atoms with Crippen molar-refractivity contribution < 1.29 is 14.7 Å². The van der Waals surface area contributed by atoms with Crippen LogP contribution in [0.3, 0.4) is 0 Å². The number of pyridine rings is 1. The van der Waals surface area contributed by atoms with Crippen LogP contribution in [0.15, 0.2) is 23.3 Å².